The van der Waals surface area contributed by atoms with Crippen LogP contribution in [0.15, 0.2) is 6.07 Å². The maximum absolute atomic E-state index is 11.4. The second-order valence-corrected chi connectivity index (χ2v) is 4.82. The molecule has 1 aromatic heterocycles. The molecule has 0 saturated heterocycles. The molecule has 1 amide bonds. The molecule has 1 aliphatic carbocycles. The molecule has 5 heteroatoms. The minimum atomic E-state index is -0.509. The van der Waals surface area contributed by atoms with E-state index in [9.17, 15) is 4.79 Å². The fourth-order valence-electron chi connectivity index (χ4n) is 2.26. The van der Waals surface area contributed by atoms with Crippen molar-refractivity contribution in [1.82, 2.24) is 10.2 Å². The maximum atomic E-state index is 11.4. The Bertz CT molecular complexity index is 380. The van der Waals surface area contributed by atoms with Crippen LogP contribution in [0.2, 0.25) is 0 Å². The van der Waals surface area contributed by atoms with Gasteiger partial charge in [-0.25, -0.2) is 0 Å². The number of nitrogens with two attached hydrogens (primary N) is 1. The summed E-state index contributed by atoms with van der Waals surface area (Å²) in [7, 11) is 0. The van der Waals surface area contributed by atoms with Crippen molar-refractivity contribution in [2.24, 2.45) is 5.73 Å². The topological polar surface area (TPSA) is 83.8 Å². The third-order valence-corrected chi connectivity index (χ3v) is 3.31. The molecule has 2 rings (SSSR count). The number of carbonyl (C=O) groups is 1. The molecule has 5 nitrogen and oxygen atoms in total. The summed E-state index contributed by atoms with van der Waals surface area (Å²) in [6.07, 6.45) is 6.32. The molecule has 94 valence electrons. The lowest BCUT2D eigenvalue weighted by Gasteiger charge is -2.19. The van der Waals surface area contributed by atoms with Crippen LogP contribution >= 0.6 is 0 Å². The Morgan fingerprint density at radius 2 is 2.24 bits per heavy atom. The Morgan fingerprint density at radius 3 is 2.88 bits per heavy atom. The van der Waals surface area contributed by atoms with E-state index < -0.39 is 6.04 Å². The molecular weight excluding hydrogens is 216 g/mol. The first-order valence-electron chi connectivity index (χ1n) is 6.28. The van der Waals surface area contributed by atoms with Gasteiger partial charge in [-0.05, 0) is 19.8 Å². The third kappa shape index (κ3) is 3.06. The summed E-state index contributed by atoms with van der Waals surface area (Å²) in [4.78, 5) is 11.4. The Labute approximate surface area is 101 Å². The number of amides is 1. The van der Waals surface area contributed by atoms with Crippen LogP contribution in [0.25, 0.3) is 0 Å². The number of aromatic amines is 1. The first kappa shape index (κ1) is 12.1. The van der Waals surface area contributed by atoms with Gasteiger partial charge in [-0.3, -0.25) is 9.89 Å². The van der Waals surface area contributed by atoms with E-state index in [-0.39, 0.29) is 5.91 Å². The van der Waals surface area contributed by atoms with Crippen LogP contribution in [0.5, 0.6) is 0 Å². The van der Waals surface area contributed by atoms with Crippen LogP contribution < -0.4 is 11.1 Å². The van der Waals surface area contributed by atoms with Crippen LogP contribution in [0.1, 0.15) is 50.6 Å². The number of carbonyl (C=O) groups excluding carboxylic acids is 1. The minimum Gasteiger partial charge on any atom is -0.320 e. The predicted octanol–water partition coefficient (Wildman–Crippen LogP) is 1.74. The highest BCUT2D eigenvalue weighted by Crippen LogP contribution is 2.32. The van der Waals surface area contributed by atoms with Gasteiger partial charge < -0.3 is 11.1 Å². The average molecular weight is 236 g/mol. The summed E-state index contributed by atoms with van der Waals surface area (Å²) < 4.78 is 0. The third-order valence-electron chi connectivity index (χ3n) is 3.31. The fourth-order valence-corrected chi connectivity index (χ4v) is 2.26. The average Bonchev–Trinajstić information content (AvgIpc) is 2.78. The number of hydrogen-bond acceptors (Lipinski definition) is 3. The van der Waals surface area contributed by atoms with E-state index >= 15 is 0 Å². The Morgan fingerprint density at radius 1 is 1.53 bits per heavy atom. The number of nitrogens with zero attached hydrogens (tertiary/aromatic N) is 1. The molecule has 0 spiro atoms. The number of aromatic nitrogens is 2. The normalized spacial score (nSPS) is 18.9. The van der Waals surface area contributed by atoms with E-state index in [1.807, 2.05) is 6.07 Å². The summed E-state index contributed by atoms with van der Waals surface area (Å²) in [6, 6.07) is 1.42. The summed E-state index contributed by atoms with van der Waals surface area (Å²) in [6.45, 7) is 1.66. The fraction of sp³-hybridized carbons (Fsp3) is 0.667. The molecule has 0 radical (unpaired) electrons. The van der Waals surface area contributed by atoms with Gasteiger partial charge in [0.1, 0.15) is 0 Å². The van der Waals surface area contributed by atoms with Crippen molar-refractivity contribution in [3.63, 3.8) is 0 Å². The van der Waals surface area contributed by atoms with Gasteiger partial charge >= 0.3 is 0 Å². The molecule has 1 saturated carbocycles. The molecule has 4 N–H and O–H groups in total. The van der Waals surface area contributed by atoms with Crippen molar-refractivity contribution in [3.05, 3.63) is 11.8 Å². The zero-order chi connectivity index (χ0) is 12.3. The lowest BCUT2D eigenvalue weighted by atomic mass is 9.87. The zero-order valence-electron chi connectivity index (χ0n) is 10.2. The Kier molecular flexibility index (Phi) is 3.78. The van der Waals surface area contributed by atoms with E-state index in [2.05, 4.69) is 15.5 Å². The van der Waals surface area contributed by atoms with E-state index in [1.165, 1.54) is 32.1 Å². The first-order valence-corrected chi connectivity index (χ1v) is 6.28. The van der Waals surface area contributed by atoms with Gasteiger partial charge in [-0.1, -0.05) is 19.3 Å². The molecule has 17 heavy (non-hydrogen) atoms. The van der Waals surface area contributed by atoms with Crippen LogP contribution in [-0.2, 0) is 4.79 Å². The summed E-state index contributed by atoms with van der Waals surface area (Å²) >= 11 is 0. The second-order valence-electron chi connectivity index (χ2n) is 4.82. The van der Waals surface area contributed by atoms with E-state index in [0.717, 1.165) is 5.69 Å². The highest BCUT2D eigenvalue weighted by Gasteiger charge is 2.18. The maximum Gasteiger partial charge on any atom is 0.242 e. The summed E-state index contributed by atoms with van der Waals surface area (Å²) in [5, 5.41) is 9.81. The molecule has 1 aliphatic rings. The molecule has 0 aromatic carbocycles. The smallest absolute Gasteiger partial charge is 0.242 e. The van der Waals surface area contributed by atoms with Crippen LogP contribution in [-0.4, -0.2) is 22.1 Å². The number of nitrogens with one attached hydrogen (secondary N) is 2. The summed E-state index contributed by atoms with van der Waals surface area (Å²) in [5.74, 6) is 0.941. The van der Waals surface area contributed by atoms with Crippen LogP contribution in [0, 0.1) is 0 Å². The van der Waals surface area contributed by atoms with Crippen molar-refractivity contribution in [2.45, 2.75) is 51.0 Å². The zero-order valence-corrected chi connectivity index (χ0v) is 10.2. The van der Waals surface area contributed by atoms with Gasteiger partial charge in [0.25, 0.3) is 0 Å². The van der Waals surface area contributed by atoms with Crippen LogP contribution in [0.3, 0.4) is 0 Å². The lowest BCUT2D eigenvalue weighted by Crippen LogP contribution is -2.32. The van der Waals surface area contributed by atoms with Crippen molar-refractivity contribution in [3.8, 4) is 0 Å². The lowest BCUT2D eigenvalue weighted by molar-refractivity contribution is -0.117. The second kappa shape index (κ2) is 5.31. The highest BCUT2D eigenvalue weighted by atomic mass is 16.2. The predicted molar refractivity (Wildman–Crippen MR) is 66.7 cm³/mol. The van der Waals surface area contributed by atoms with Gasteiger partial charge in [0.15, 0.2) is 5.82 Å². The van der Waals surface area contributed by atoms with Crippen LogP contribution in [0.4, 0.5) is 5.82 Å². The molecule has 1 heterocycles. The van der Waals surface area contributed by atoms with E-state index in [0.29, 0.717) is 11.7 Å². The molecule has 0 bridgehead atoms. The largest absolute Gasteiger partial charge is 0.320 e. The quantitative estimate of drug-likeness (QED) is 0.747. The van der Waals surface area contributed by atoms with Gasteiger partial charge in [-0.15, -0.1) is 0 Å². The van der Waals surface area contributed by atoms with E-state index in [1.54, 1.807) is 6.92 Å². The molecule has 1 atom stereocenters. The molecule has 1 aromatic rings. The van der Waals surface area contributed by atoms with Gasteiger partial charge in [0.2, 0.25) is 5.91 Å². The van der Waals surface area contributed by atoms with Crippen molar-refractivity contribution in [2.75, 3.05) is 5.32 Å². The van der Waals surface area contributed by atoms with Gasteiger partial charge in [-0.2, -0.15) is 5.10 Å². The molecule has 1 fully saturated rings. The minimum absolute atomic E-state index is 0.202. The SMILES string of the molecule is C[C@@H](N)C(=O)Nc1cc(C2CCCCC2)[nH]n1. The molecule has 0 unspecified atom stereocenters. The number of anilines is 1. The number of H-pyrrole nitrogens is 1. The van der Waals surface area contributed by atoms with Gasteiger partial charge in [0, 0.05) is 17.7 Å². The molecular formula is C12H20N4O. The first-order chi connectivity index (χ1) is 8.16. The highest BCUT2D eigenvalue weighted by molar-refractivity contribution is 5.93. The monoisotopic (exact) mass is 236 g/mol. The number of rotatable bonds is 3. The summed E-state index contributed by atoms with van der Waals surface area (Å²) in [5.41, 5.74) is 6.61. The van der Waals surface area contributed by atoms with Crippen molar-refractivity contribution in [1.29, 1.82) is 0 Å². The van der Waals surface area contributed by atoms with Crippen molar-refractivity contribution >= 4 is 11.7 Å². The van der Waals surface area contributed by atoms with Gasteiger partial charge in [0.05, 0.1) is 6.04 Å². The van der Waals surface area contributed by atoms with Crippen molar-refractivity contribution < 1.29 is 4.79 Å². The van der Waals surface area contributed by atoms with E-state index in [4.69, 9.17) is 5.73 Å². The Hall–Kier alpha value is -1.36. The Balaban J connectivity index is 1.97. The number of hydrogen-bond donors (Lipinski definition) is 3. The molecule has 0 aliphatic heterocycles. The standard InChI is InChI=1S/C12H20N4O/c1-8(13)12(17)14-11-7-10(15-16-11)9-5-3-2-4-6-9/h7-9H,2-6,13H2,1H3,(H2,14,15,16,17)/t8-/m1/s1.